The maximum absolute atomic E-state index is 13.5. The van der Waals surface area contributed by atoms with Gasteiger partial charge >= 0.3 is 0 Å². The van der Waals surface area contributed by atoms with Crippen molar-refractivity contribution in [3.05, 3.63) is 24.3 Å². The molecular formula is C11H14ClFN4. The molecule has 1 aromatic carbocycles. The highest BCUT2D eigenvalue weighted by molar-refractivity contribution is 5.90. The Morgan fingerprint density at radius 2 is 1.88 bits per heavy atom. The summed E-state index contributed by atoms with van der Waals surface area (Å²) >= 11 is 0. The molecule has 2 heterocycles. The van der Waals surface area contributed by atoms with E-state index in [0.717, 1.165) is 37.4 Å². The van der Waals surface area contributed by atoms with Crippen LogP contribution in [0.4, 0.5) is 10.3 Å². The van der Waals surface area contributed by atoms with E-state index in [1.165, 1.54) is 0 Å². The molecule has 1 aliphatic heterocycles. The van der Waals surface area contributed by atoms with E-state index < -0.39 is 0 Å². The number of hydrogen-bond acceptors (Lipinski definition) is 3. The summed E-state index contributed by atoms with van der Waals surface area (Å²) < 4.78 is 13.5. The minimum absolute atomic E-state index is 0. The number of aromatic nitrogens is 2. The van der Waals surface area contributed by atoms with Gasteiger partial charge in [0.2, 0.25) is 0 Å². The number of fused-ring (bicyclic) bond motifs is 1. The van der Waals surface area contributed by atoms with Gasteiger partial charge in [0.25, 0.3) is 0 Å². The number of hydrogen-bond donors (Lipinski definition) is 1. The van der Waals surface area contributed by atoms with Crippen LogP contribution in [0.3, 0.4) is 0 Å². The molecule has 0 unspecified atom stereocenters. The zero-order chi connectivity index (χ0) is 11.0. The SMILES string of the molecule is Cl.Fn1nc(N2CCNCC2)c2ccccc21. The molecule has 1 fully saturated rings. The van der Waals surface area contributed by atoms with Crippen molar-refractivity contribution in [1.82, 2.24) is 15.3 Å². The summed E-state index contributed by atoms with van der Waals surface area (Å²) in [5.74, 6) is 0.750. The number of rotatable bonds is 1. The van der Waals surface area contributed by atoms with Crippen molar-refractivity contribution in [3.8, 4) is 0 Å². The average Bonchev–Trinajstić information content (AvgIpc) is 2.69. The predicted octanol–water partition coefficient (Wildman–Crippen LogP) is 1.60. The highest BCUT2D eigenvalue weighted by Gasteiger charge is 2.17. The van der Waals surface area contributed by atoms with Crippen LogP contribution < -0.4 is 10.2 Å². The van der Waals surface area contributed by atoms with Crippen molar-refractivity contribution in [1.29, 1.82) is 0 Å². The van der Waals surface area contributed by atoms with E-state index in [2.05, 4.69) is 15.3 Å². The van der Waals surface area contributed by atoms with Gasteiger partial charge in [-0.2, -0.15) is 0 Å². The second-order valence-electron chi connectivity index (χ2n) is 3.94. The van der Waals surface area contributed by atoms with E-state index >= 15 is 0 Å². The Morgan fingerprint density at radius 3 is 2.65 bits per heavy atom. The number of para-hydroxylation sites is 1. The molecule has 6 heteroatoms. The number of nitrogens with one attached hydrogen (secondary N) is 1. The van der Waals surface area contributed by atoms with Gasteiger partial charge in [-0.05, 0) is 12.1 Å². The van der Waals surface area contributed by atoms with Gasteiger partial charge in [-0.25, -0.2) is 0 Å². The van der Waals surface area contributed by atoms with Gasteiger partial charge in [-0.1, -0.05) is 21.5 Å². The van der Waals surface area contributed by atoms with Crippen LogP contribution in [-0.2, 0) is 0 Å². The fraction of sp³-hybridized carbons (Fsp3) is 0.364. The Labute approximate surface area is 105 Å². The molecule has 0 atom stereocenters. The number of nitrogens with zero attached hydrogens (tertiary/aromatic N) is 3. The van der Waals surface area contributed by atoms with E-state index in [0.29, 0.717) is 10.4 Å². The fourth-order valence-corrected chi connectivity index (χ4v) is 2.12. The zero-order valence-corrected chi connectivity index (χ0v) is 10.1. The van der Waals surface area contributed by atoms with Gasteiger partial charge < -0.3 is 10.2 Å². The number of halogens is 2. The largest absolute Gasteiger partial charge is 0.352 e. The molecule has 0 aliphatic carbocycles. The van der Waals surface area contributed by atoms with Gasteiger partial charge in [0.05, 0.1) is 0 Å². The molecule has 0 amide bonds. The number of anilines is 1. The normalized spacial score (nSPS) is 15.9. The third kappa shape index (κ3) is 2.08. The van der Waals surface area contributed by atoms with Crippen molar-refractivity contribution < 1.29 is 4.48 Å². The van der Waals surface area contributed by atoms with Crippen LogP contribution in [0.2, 0.25) is 0 Å². The molecule has 0 saturated carbocycles. The van der Waals surface area contributed by atoms with Crippen LogP contribution in [0.1, 0.15) is 0 Å². The third-order valence-electron chi connectivity index (χ3n) is 2.94. The third-order valence-corrected chi connectivity index (χ3v) is 2.94. The first kappa shape index (κ1) is 12.1. The molecule has 1 saturated heterocycles. The molecule has 4 nitrogen and oxygen atoms in total. The standard InChI is InChI=1S/C11H13FN4.ClH/c12-16-10-4-2-1-3-9(10)11(14-16)15-7-5-13-6-8-15;/h1-4,13H,5-8H2;1H. The van der Waals surface area contributed by atoms with Crippen LogP contribution in [-0.4, -0.2) is 36.2 Å². The first-order valence-electron chi connectivity index (χ1n) is 5.46. The summed E-state index contributed by atoms with van der Waals surface area (Å²) in [4.78, 5) is 2.58. The molecule has 1 aromatic heterocycles. The lowest BCUT2D eigenvalue weighted by Gasteiger charge is -2.27. The Balaban J connectivity index is 0.00000108. The number of piperazine rings is 1. The summed E-state index contributed by atoms with van der Waals surface area (Å²) in [6, 6.07) is 7.39. The topological polar surface area (TPSA) is 33.1 Å². The van der Waals surface area contributed by atoms with Gasteiger partial charge in [0, 0.05) is 31.6 Å². The summed E-state index contributed by atoms with van der Waals surface area (Å²) in [6.07, 6.45) is 0. The molecule has 17 heavy (non-hydrogen) atoms. The molecule has 3 rings (SSSR count). The van der Waals surface area contributed by atoms with Crippen molar-refractivity contribution in [2.75, 3.05) is 31.1 Å². The lowest BCUT2D eigenvalue weighted by Crippen LogP contribution is -2.43. The minimum atomic E-state index is 0. The van der Waals surface area contributed by atoms with Gasteiger partial charge in [-0.15, -0.1) is 17.5 Å². The molecular weight excluding hydrogens is 243 g/mol. The van der Waals surface area contributed by atoms with E-state index in [1.54, 1.807) is 6.07 Å². The highest BCUT2D eigenvalue weighted by atomic mass is 35.5. The van der Waals surface area contributed by atoms with Gasteiger partial charge in [0.1, 0.15) is 5.52 Å². The Morgan fingerprint density at radius 1 is 1.18 bits per heavy atom. The molecule has 2 aromatic rings. The molecule has 92 valence electrons. The van der Waals surface area contributed by atoms with E-state index in [4.69, 9.17) is 0 Å². The fourth-order valence-electron chi connectivity index (χ4n) is 2.12. The van der Waals surface area contributed by atoms with Gasteiger partial charge in [-0.3, -0.25) is 0 Å². The van der Waals surface area contributed by atoms with E-state index in [9.17, 15) is 4.48 Å². The quantitative estimate of drug-likeness (QED) is 0.841. The summed E-state index contributed by atoms with van der Waals surface area (Å²) in [5, 5.41) is 8.11. The van der Waals surface area contributed by atoms with Crippen LogP contribution in [0.15, 0.2) is 24.3 Å². The van der Waals surface area contributed by atoms with Crippen molar-refractivity contribution in [2.45, 2.75) is 0 Å². The van der Waals surface area contributed by atoms with Crippen LogP contribution >= 0.6 is 12.4 Å². The molecule has 0 radical (unpaired) electrons. The van der Waals surface area contributed by atoms with Crippen molar-refractivity contribution in [3.63, 3.8) is 0 Å². The lowest BCUT2D eigenvalue weighted by atomic mass is 10.2. The van der Waals surface area contributed by atoms with Crippen LogP contribution in [0, 0.1) is 0 Å². The maximum atomic E-state index is 13.5. The van der Waals surface area contributed by atoms with Crippen molar-refractivity contribution >= 4 is 29.1 Å². The first-order valence-corrected chi connectivity index (χ1v) is 5.46. The second-order valence-corrected chi connectivity index (χ2v) is 3.94. The molecule has 1 N–H and O–H groups in total. The second kappa shape index (κ2) is 4.89. The van der Waals surface area contributed by atoms with E-state index in [-0.39, 0.29) is 12.4 Å². The molecule has 0 spiro atoms. The summed E-state index contributed by atoms with van der Waals surface area (Å²) in [7, 11) is 0. The summed E-state index contributed by atoms with van der Waals surface area (Å²) in [6.45, 7) is 3.60. The van der Waals surface area contributed by atoms with Crippen LogP contribution in [0.5, 0.6) is 0 Å². The van der Waals surface area contributed by atoms with Crippen LogP contribution in [0.25, 0.3) is 10.9 Å². The first-order chi connectivity index (χ1) is 7.86. The molecule has 0 bridgehead atoms. The predicted molar refractivity (Wildman–Crippen MR) is 68.6 cm³/mol. The average molecular weight is 257 g/mol. The lowest BCUT2D eigenvalue weighted by molar-refractivity contribution is 0.332. The summed E-state index contributed by atoms with van der Waals surface area (Å²) in [5.41, 5.74) is 0.538. The minimum Gasteiger partial charge on any atom is -0.352 e. The number of benzene rings is 1. The Hall–Kier alpha value is -1.33. The Bertz CT molecular complexity index is 507. The zero-order valence-electron chi connectivity index (χ0n) is 9.27. The maximum Gasteiger partial charge on any atom is 0.161 e. The van der Waals surface area contributed by atoms with Gasteiger partial charge in [0.15, 0.2) is 5.82 Å². The monoisotopic (exact) mass is 256 g/mol. The smallest absolute Gasteiger partial charge is 0.161 e. The highest BCUT2D eigenvalue weighted by Crippen LogP contribution is 2.26. The molecule has 1 aliphatic rings. The Kier molecular flexibility index (Phi) is 3.49. The van der Waals surface area contributed by atoms with E-state index in [1.807, 2.05) is 18.2 Å². The van der Waals surface area contributed by atoms with Crippen molar-refractivity contribution in [2.24, 2.45) is 0 Å².